The zero-order valence-electron chi connectivity index (χ0n) is 16.4. The van der Waals surface area contributed by atoms with Gasteiger partial charge in [-0.25, -0.2) is 9.67 Å². The van der Waals surface area contributed by atoms with Gasteiger partial charge >= 0.3 is 6.18 Å². The topological polar surface area (TPSA) is 69.6 Å². The van der Waals surface area contributed by atoms with Crippen LogP contribution in [0.4, 0.5) is 13.2 Å². The Balaban J connectivity index is 1.37. The predicted molar refractivity (Wildman–Crippen MR) is 104 cm³/mol. The van der Waals surface area contributed by atoms with Gasteiger partial charge in [0.15, 0.2) is 0 Å². The molecule has 3 aromatic rings. The zero-order valence-corrected chi connectivity index (χ0v) is 17.2. The van der Waals surface area contributed by atoms with E-state index >= 15 is 0 Å². The lowest BCUT2D eigenvalue weighted by atomic mass is 9.47. The molecule has 2 unspecified atom stereocenters. The van der Waals surface area contributed by atoms with Crippen LogP contribution in [0, 0.1) is 11.8 Å². The second-order valence-electron chi connectivity index (χ2n) is 9.41. The Hall–Kier alpha value is -2.42. The van der Waals surface area contributed by atoms with Gasteiger partial charge in [-0.3, -0.25) is 0 Å². The molecule has 0 aliphatic heterocycles. The Morgan fingerprint density at radius 2 is 1.87 bits per heavy atom. The molecule has 0 amide bonds. The van der Waals surface area contributed by atoms with Gasteiger partial charge in [0.2, 0.25) is 17.1 Å². The van der Waals surface area contributed by atoms with E-state index in [-0.39, 0.29) is 27.7 Å². The number of halogens is 4. The Morgan fingerprint density at radius 1 is 1.10 bits per heavy atom. The van der Waals surface area contributed by atoms with E-state index in [1.165, 1.54) is 12.5 Å². The summed E-state index contributed by atoms with van der Waals surface area (Å²) in [6.07, 6.45) is 3.14. The number of aromatic nitrogens is 5. The van der Waals surface area contributed by atoms with Crippen LogP contribution in [0.5, 0.6) is 0 Å². The monoisotopic (exact) mass is 449 g/mol. The van der Waals surface area contributed by atoms with E-state index < -0.39 is 11.7 Å². The van der Waals surface area contributed by atoms with E-state index in [4.69, 9.17) is 16.0 Å². The Kier molecular flexibility index (Phi) is 3.92. The quantitative estimate of drug-likeness (QED) is 0.546. The summed E-state index contributed by atoms with van der Waals surface area (Å²) < 4.78 is 47.3. The molecule has 2 atom stereocenters. The van der Waals surface area contributed by atoms with Crippen molar-refractivity contribution >= 4 is 11.6 Å². The third kappa shape index (κ3) is 3.00. The van der Waals surface area contributed by atoms with Crippen LogP contribution in [0.2, 0.25) is 5.28 Å². The highest BCUT2D eigenvalue weighted by Crippen LogP contribution is 2.64. The molecular weight excluding hydrogens is 431 g/mol. The van der Waals surface area contributed by atoms with Crippen LogP contribution in [0.15, 0.2) is 35.0 Å². The predicted octanol–water partition coefficient (Wildman–Crippen LogP) is 5.25. The molecule has 31 heavy (non-hydrogen) atoms. The maximum atomic E-state index is 13.1. The largest absolute Gasteiger partial charge is 0.420 e. The van der Waals surface area contributed by atoms with Crippen LogP contribution < -0.4 is 0 Å². The Morgan fingerprint density at radius 3 is 2.55 bits per heavy atom. The van der Waals surface area contributed by atoms with Crippen LogP contribution in [-0.2, 0) is 17.1 Å². The van der Waals surface area contributed by atoms with Crippen molar-refractivity contribution in [3.8, 4) is 11.5 Å². The number of rotatable bonds is 3. The molecule has 4 saturated carbocycles. The van der Waals surface area contributed by atoms with Crippen molar-refractivity contribution < 1.29 is 17.6 Å². The molecule has 162 valence electrons. The van der Waals surface area contributed by atoms with Crippen molar-refractivity contribution in [2.45, 2.75) is 55.7 Å². The van der Waals surface area contributed by atoms with Crippen molar-refractivity contribution in [3.63, 3.8) is 0 Å². The van der Waals surface area contributed by atoms with Crippen molar-refractivity contribution in [1.82, 2.24) is 25.0 Å². The molecule has 1 aromatic carbocycles. The number of alkyl halides is 3. The van der Waals surface area contributed by atoms with Gasteiger partial charge in [0.05, 0.1) is 16.5 Å². The molecular formula is C21H19ClF3N5O. The first-order chi connectivity index (χ1) is 14.7. The summed E-state index contributed by atoms with van der Waals surface area (Å²) in [6.45, 7) is 0. The summed E-state index contributed by atoms with van der Waals surface area (Å²) >= 11 is 6.00. The lowest BCUT2D eigenvalue weighted by Gasteiger charge is -2.60. The van der Waals surface area contributed by atoms with Gasteiger partial charge < -0.3 is 4.42 Å². The fourth-order valence-corrected chi connectivity index (χ4v) is 6.71. The smallest absolute Gasteiger partial charge is 0.416 e. The van der Waals surface area contributed by atoms with Crippen LogP contribution in [-0.4, -0.2) is 25.0 Å². The van der Waals surface area contributed by atoms with Crippen LogP contribution in [0.3, 0.4) is 0 Å². The first-order valence-electron chi connectivity index (χ1n) is 10.3. The minimum absolute atomic E-state index is 0.120. The minimum Gasteiger partial charge on any atom is -0.420 e. The Labute approximate surface area is 180 Å². The summed E-state index contributed by atoms with van der Waals surface area (Å²) in [5.41, 5.74) is -0.942. The standard InChI is InChI=1S/C21H19ClF3N5O/c22-18-26-11-30(29-18)20-8-12-4-13(9-20)7-19(6-12,10-20)17-28-27-16(31-17)14-2-1-3-15(5-14)21(23,24)25/h1-3,5,11-13H,4,6-10H2. The molecule has 4 fully saturated rings. The van der Waals surface area contributed by atoms with E-state index in [1.54, 1.807) is 12.4 Å². The highest BCUT2D eigenvalue weighted by molar-refractivity contribution is 6.28. The van der Waals surface area contributed by atoms with E-state index in [2.05, 4.69) is 20.3 Å². The normalized spacial score (nSPS) is 32.0. The van der Waals surface area contributed by atoms with Crippen molar-refractivity contribution in [2.24, 2.45) is 11.8 Å². The zero-order chi connectivity index (χ0) is 21.4. The molecule has 10 heteroatoms. The first kappa shape index (κ1) is 19.3. The van der Waals surface area contributed by atoms with Crippen LogP contribution in [0.1, 0.15) is 50.0 Å². The average Bonchev–Trinajstić information content (AvgIpc) is 3.37. The summed E-state index contributed by atoms with van der Waals surface area (Å²) in [7, 11) is 0. The molecule has 4 bridgehead atoms. The molecule has 0 spiro atoms. The minimum atomic E-state index is -4.43. The molecule has 2 heterocycles. The van der Waals surface area contributed by atoms with Gasteiger partial charge in [-0.2, -0.15) is 13.2 Å². The molecule has 6 nitrogen and oxygen atoms in total. The van der Waals surface area contributed by atoms with Crippen LogP contribution in [0.25, 0.3) is 11.5 Å². The first-order valence-corrected chi connectivity index (χ1v) is 10.7. The van der Waals surface area contributed by atoms with Crippen molar-refractivity contribution in [3.05, 3.63) is 47.3 Å². The number of benzene rings is 1. The summed E-state index contributed by atoms with van der Waals surface area (Å²) in [5, 5.41) is 13.1. The second kappa shape index (κ2) is 6.31. The molecule has 0 N–H and O–H groups in total. The van der Waals surface area contributed by atoms with Gasteiger partial charge in [-0.1, -0.05) is 6.07 Å². The second-order valence-corrected chi connectivity index (χ2v) is 9.75. The van der Waals surface area contributed by atoms with E-state index in [9.17, 15) is 13.2 Å². The fourth-order valence-electron chi connectivity index (χ4n) is 6.59. The SMILES string of the molecule is FC(F)(F)c1cccc(-c2nnc(C34CC5CC(C3)CC(n3cnc(Cl)n3)(C5)C4)o2)c1. The summed E-state index contributed by atoms with van der Waals surface area (Å²) in [6, 6.07) is 5.00. The van der Waals surface area contributed by atoms with E-state index in [0.717, 1.165) is 44.2 Å². The number of hydrogen-bond acceptors (Lipinski definition) is 5. The van der Waals surface area contributed by atoms with Crippen molar-refractivity contribution in [1.29, 1.82) is 0 Å². The average molecular weight is 450 g/mol. The molecule has 7 rings (SSSR count). The van der Waals surface area contributed by atoms with Gasteiger partial charge in [0.25, 0.3) is 0 Å². The highest BCUT2D eigenvalue weighted by Gasteiger charge is 2.61. The molecule has 0 radical (unpaired) electrons. The van der Waals surface area contributed by atoms with E-state index in [1.807, 2.05) is 4.68 Å². The van der Waals surface area contributed by atoms with Crippen LogP contribution >= 0.6 is 11.6 Å². The van der Waals surface area contributed by atoms with Gasteiger partial charge in [0, 0.05) is 5.56 Å². The van der Waals surface area contributed by atoms with Crippen molar-refractivity contribution in [2.75, 3.05) is 0 Å². The number of hydrogen-bond donors (Lipinski definition) is 0. The molecule has 4 aliphatic carbocycles. The maximum Gasteiger partial charge on any atom is 0.416 e. The van der Waals surface area contributed by atoms with Gasteiger partial charge in [0.1, 0.15) is 6.33 Å². The van der Waals surface area contributed by atoms with E-state index in [0.29, 0.717) is 17.7 Å². The highest BCUT2D eigenvalue weighted by atomic mass is 35.5. The maximum absolute atomic E-state index is 13.1. The van der Waals surface area contributed by atoms with Gasteiger partial charge in [-0.05, 0) is 80.2 Å². The summed E-state index contributed by atoms with van der Waals surface area (Å²) in [4.78, 5) is 4.12. The molecule has 2 aromatic heterocycles. The molecule has 4 aliphatic rings. The summed E-state index contributed by atoms with van der Waals surface area (Å²) in [5.74, 6) is 1.65. The number of nitrogens with zero attached hydrogens (tertiary/aromatic N) is 5. The Bertz CT molecular complexity index is 1140. The molecule has 0 saturated heterocycles. The third-order valence-electron chi connectivity index (χ3n) is 7.30. The third-order valence-corrected chi connectivity index (χ3v) is 7.47. The lowest BCUT2D eigenvalue weighted by molar-refractivity contribution is -0.137. The van der Waals surface area contributed by atoms with Gasteiger partial charge in [-0.15, -0.1) is 15.3 Å². The fraction of sp³-hybridized carbons (Fsp3) is 0.524. The lowest BCUT2D eigenvalue weighted by Crippen LogP contribution is -2.58.